The number of carboxylic acid groups (broad SMARTS) is 1. The van der Waals surface area contributed by atoms with Crippen LogP contribution < -0.4 is 4.74 Å². The summed E-state index contributed by atoms with van der Waals surface area (Å²) < 4.78 is 5.23. The molecule has 108 valence electrons. The molecule has 1 aromatic heterocycles. The Balaban J connectivity index is 2.37. The highest BCUT2D eigenvalue weighted by Gasteiger charge is 2.18. The van der Waals surface area contributed by atoms with Gasteiger partial charge >= 0.3 is 17.7 Å². The van der Waals surface area contributed by atoms with Gasteiger partial charge in [-0.1, -0.05) is 13.0 Å². The Kier molecular flexibility index (Phi) is 4.07. The van der Waals surface area contributed by atoms with Crippen molar-refractivity contribution in [3.63, 3.8) is 0 Å². The second-order valence-electron chi connectivity index (χ2n) is 4.04. The summed E-state index contributed by atoms with van der Waals surface area (Å²) in [5.74, 6) is -1.28. The molecule has 0 bridgehead atoms. The van der Waals surface area contributed by atoms with Crippen LogP contribution in [-0.4, -0.2) is 26.0 Å². The van der Waals surface area contributed by atoms with Gasteiger partial charge < -0.3 is 9.84 Å². The molecule has 0 atom stereocenters. The summed E-state index contributed by atoms with van der Waals surface area (Å²) in [6.45, 7) is 1.87. The van der Waals surface area contributed by atoms with E-state index in [9.17, 15) is 14.9 Å². The van der Waals surface area contributed by atoms with Crippen LogP contribution in [0.15, 0.2) is 30.5 Å². The Bertz CT molecular complexity index is 702. The molecular weight excluding hydrogens is 278 g/mol. The van der Waals surface area contributed by atoms with Gasteiger partial charge in [-0.15, -0.1) is 0 Å². The third kappa shape index (κ3) is 3.30. The van der Waals surface area contributed by atoms with E-state index in [2.05, 4.69) is 9.97 Å². The van der Waals surface area contributed by atoms with Gasteiger partial charge in [-0.3, -0.25) is 10.1 Å². The molecule has 0 unspecified atom stereocenters. The van der Waals surface area contributed by atoms with Gasteiger partial charge in [0.1, 0.15) is 0 Å². The van der Waals surface area contributed by atoms with Crippen molar-refractivity contribution in [3.8, 4) is 11.8 Å². The number of carbonyl (C=O) groups is 1. The van der Waals surface area contributed by atoms with Crippen molar-refractivity contribution >= 4 is 11.7 Å². The number of rotatable bonds is 5. The predicted octanol–water partition coefficient (Wildman–Crippen LogP) is 2.44. The standard InChI is InChI=1S/C13H11N3O5/c1-2-8-3-4-11(10(7-8)16(19)20)21-13-14-6-5-9(15-13)12(17)18/h3-7H,2H2,1H3,(H,17,18). The van der Waals surface area contributed by atoms with Crippen LogP contribution in [0.3, 0.4) is 0 Å². The highest BCUT2D eigenvalue weighted by Crippen LogP contribution is 2.30. The van der Waals surface area contributed by atoms with E-state index >= 15 is 0 Å². The third-order valence-corrected chi connectivity index (χ3v) is 2.68. The van der Waals surface area contributed by atoms with E-state index in [4.69, 9.17) is 9.84 Å². The first kappa shape index (κ1) is 14.4. The maximum atomic E-state index is 11.0. The van der Waals surface area contributed by atoms with Crippen LogP contribution in [0.1, 0.15) is 23.0 Å². The second kappa shape index (κ2) is 5.95. The number of hydrogen-bond donors (Lipinski definition) is 1. The minimum atomic E-state index is -1.24. The molecule has 0 spiro atoms. The molecule has 1 aromatic carbocycles. The van der Waals surface area contributed by atoms with E-state index in [1.807, 2.05) is 6.92 Å². The maximum Gasteiger partial charge on any atom is 0.354 e. The van der Waals surface area contributed by atoms with E-state index in [0.717, 1.165) is 5.56 Å². The van der Waals surface area contributed by atoms with Gasteiger partial charge in [0, 0.05) is 12.3 Å². The molecule has 0 fully saturated rings. The molecule has 0 saturated heterocycles. The van der Waals surface area contributed by atoms with E-state index in [1.54, 1.807) is 6.07 Å². The number of carboxylic acids is 1. The average molecular weight is 289 g/mol. The van der Waals surface area contributed by atoms with Crippen LogP contribution in [0.5, 0.6) is 11.8 Å². The van der Waals surface area contributed by atoms with Crippen molar-refractivity contribution in [2.75, 3.05) is 0 Å². The quantitative estimate of drug-likeness (QED) is 0.663. The third-order valence-electron chi connectivity index (χ3n) is 2.68. The lowest BCUT2D eigenvalue weighted by Crippen LogP contribution is -2.03. The van der Waals surface area contributed by atoms with Gasteiger partial charge in [-0.25, -0.2) is 9.78 Å². The summed E-state index contributed by atoms with van der Waals surface area (Å²) in [6, 6.07) is 5.46. The summed E-state index contributed by atoms with van der Waals surface area (Å²) in [5.41, 5.74) is 0.306. The van der Waals surface area contributed by atoms with E-state index in [-0.39, 0.29) is 23.1 Å². The largest absolute Gasteiger partial charge is 0.477 e. The number of aromatic nitrogens is 2. The molecule has 0 aliphatic heterocycles. The first-order valence-electron chi connectivity index (χ1n) is 6.02. The second-order valence-corrected chi connectivity index (χ2v) is 4.04. The molecule has 1 N–H and O–H groups in total. The Hall–Kier alpha value is -3.03. The molecule has 0 aliphatic rings. The number of hydrogen-bond acceptors (Lipinski definition) is 6. The molecule has 0 saturated carbocycles. The number of benzene rings is 1. The van der Waals surface area contributed by atoms with Gasteiger partial charge in [-0.05, 0) is 24.1 Å². The van der Waals surface area contributed by atoms with Crippen LogP contribution in [0.25, 0.3) is 0 Å². The minimum Gasteiger partial charge on any atom is -0.477 e. The normalized spacial score (nSPS) is 10.1. The fourth-order valence-corrected chi connectivity index (χ4v) is 1.62. The Morgan fingerprint density at radius 1 is 1.43 bits per heavy atom. The molecule has 0 radical (unpaired) electrons. The van der Waals surface area contributed by atoms with Crippen molar-refractivity contribution in [1.29, 1.82) is 0 Å². The molecule has 2 aromatic rings. The van der Waals surface area contributed by atoms with Gasteiger partial charge in [0.25, 0.3) is 0 Å². The van der Waals surface area contributed by atoms with Crippen LogP contribution in [-0.2, 0) is 6.42 Å². The average Bonchev–Trinajstić information content (AvgIpc) is 2.47. The molecule has 21 heavy (non-hydrogen) atoms. The van der Waals surface area contributed by atoms with Gasteiger partial charge in [-0.2, -0.15) is 4.98 Å². The number of aryl methyl sites for hydroxylation is 1. The minimum absolute atomic E-state index is 0.0419. The summed E-state index contributed by atoms with van der Waals surface area (Å²) in [4.78, 5) is 28.7. The molecular formula is C13H11N3O5. The molecule has 0 aliphatic carbocycles. The number of nitro benzene ring substituents is 1. The fourth-order valence-electron chi connectivity index (χ4n) is 1.62. The molecule has 0 amide bonds. The van der Waals surface area contributed by atoms with Crippen molar-refractivity contribution in [1.82, 2.24) is 9.97 Å². The Morgan fingerprint density at radius 2 is 2.19 bits per heavy atom. The van der Waals surface area contributed by atoms with Crippen LogP contribution in [0.4, 0.5) is 5.69 Å². The first-order valence-corrected chi connectivity index (χ1v) is 6.02. The zero-order chi connectivity index (χ0) is 15.4. The smallest absolute Gasteiger partial charge is 0.354 e. The molecule has 8 nitrogen and oxygen atoms in total. The van der Waals surface area contributed by atoms with Crippen LogP contribution >= 0.6 is 0 Å². The lowest BCUT2D eigenvalue weighted by molar-refractivity contribution is -0.385. The van der Waals surface area contributed by atoms with Crippen LogP contribution in [0.2, 0.25) is 0 Å². The number of nitro groups is 1. The SMILES string of the molecule is CCc1ccc(Oc2nccc(C(=O)O)n2)c([N+](=O)[O-])c1. The summed E-state index contributed by atoms with van der Waals surface area (Å²) in [6.07, 6.45) is 1.85. The van der Waals surface area contributed by atoms with E-state index in [0.29, 0.717) is 6.42 Å². The highest BCUT2D eigenvalue weighted by molar-refractivity contribution is 5.85. The molecule has 1 heterocycles. The number of ether oxygens (including phenoxy) is 1. The van der Waals surface area contributed by atoms with Crippen LogP contribution in [0, 0.1) is 10.1 Å². The van der Waals surface area contributed by atoms with Gasteiger partial charge in [0.05, 0.1) is 4.92 Å². The molecule has 2 rings (SSSR count). The highest BCUT2D eigenvalue weighted by atomic mass is 16.6. The van der Waals surface area contributed by atoms with Crippen molar-refractivity contribution in [2.45, 2.75) is 13.3 Å². The van der Waals surface area contributed by atoms with Crippen molar-refractivity contribution < 1.29 is 19.6 Å². The topological polar surface area (TPSA) is 115 Å². The van der Waals surface area contributed by atoms with E-state index < -0.39 is 10.9 Å². The number of aromatic carboxylic acids is 1. The summed E-state index contributed by atoms with van der Waals surface area (Å²) in [7, 11) is 0. The first-order chi connectivity index (χ1) is 10.0. The van der Waals surface area contributed by atoms with E-state index in [1.165, 1.54) is 24.4 Å². The Morgan fingerprint density at radius 3 is 2.81 bits per heavy atom. The van der Waals surface area contributed by atoms with Crippen molar-refractivity contribution in [2.24, 2.45) is 0 Å². The zero-order valence-electron chi connectivity index (χ0n) is 11.0. The monoisotopic (exact) mass is 289 g/mol. The summed E-state index contributed by atoms with van der Waals surface area (Å²) in [5, 5.41) is 19.9. The fraction of sp³-hybridized carbons (Fsp3) is 0.154. The number of nitrogens with zero attached hydrogens (tertiary/aromatic N) is 3. The maximum absolute atomic E-state index is 11.0. The van der Waals surface area contributed by atoms with Gasteiger partial charge in [0.15, 0.2) is 5.69 Å². The summed E-state index contributed by atoms with van der Waals surface area (Å²) >= 11 is 0. The molecule has 8 heteroatoms. The predicted molar refractivity (Wildman–Crippen MR) is 71.5 cm³/mol. The zero-order valence-corrected chi connectivity index (χ0v) is 11.0. The van der Waals surface area contributed by atoms with Gasteiger partial charge in [0.2, 0.25) is 5.75 Å². The lowest BCUT2D eigenvalue weighted by atomic mass is 10.1. The Labute approximate surface area is 119 Å². The lowest BCUT2D eigenvalue weighted by Gasteiger charge is -2.06. The van der Waals surface area contributed by atoms with Crippen molar-refractivity contribution in [3.05, 3.63) is 51.8 Å².